The quantitative estimate of drug-likeness (QED) is 0.800. The lowest BCUT2D eigenvalue weighted by molar-refractivity contribution is -0.126. The summed E-state index contributed by atoms with van der Waals surface area (Å²) in [5, 5.41) is 5.78. The highest BCUT2D eigenvalue weighted by atomic mass is 32.1. The molecule has 0 aliphatic carbocycles. The van der Waals surface area contributed by atoms with E-state index in [9.17, 15) is 9.59 Å². The number of thiocarbonyl (C=S) groups is 1. The van der Waals surface area contributed by atoms with E-state index in [0.717, 1.165) is 0 Å². The lowest BCUT2D eigenvalue weighted by Gasteiger charge is -2.27. The Bertz CT molecular complexity index is 634. The number of ether oxygens (including phenoxy) is 1. The number of rotatable bonds is 2. The van der Waals surface area contributed by atoms with E-state index < -0.39 is 5.41 Å². The van der Waals surface area contributed by atoms with E-state index in [0.29, 0.717) is 37.6 Å². The number of anilines is 1. The predicted octanol–water partition coefficient (Wildman–Crippen LogP) is 2.02. The molecule has 0 saturated carbocycles. The molecule has 7 heteroatoms. The highest BCUT2D eigenvalue weighted by molar-refractivity contribution is 7.80. The van der Waals surface area contributed by atoms with E-state index in [4.69, 9.17) is 17.0 Å². The molecule has 2 amide bonds. The maximum Gasteiger partial charge on any atom is 0.256 e. The van der Waals surface area contributed by atoms with Crippen LogP contribution in [0.25, 0.3) is 0 Å². The van der Waals surface area contributed by atoms with Crippen LogP contribution in [0, 0.1) is 5.41 Å². The number of para-hydroxylation sites is 1. The fourth-order valence-electron chi connectivity index (χ4n) is 2.16. The number of amides is 2. The number of nitrogens with zero attached hydrogens (tertiary/aromatic N) is 1. The van der Waals surface area contributed by atoms with Crippen molar-refractivity contribution in [3.8, 4) is 0 Å². The maximum atomic E-state index is 12.7. The number of morpholine rings is 1. The van der Waals surface area contributed by atoms with Crippen LogP contribution in [0.4, 0.5) is 5.69 Å². The van der Waals surface area contributed by atoms with Gasteiger partial charge in [-0.25, -0.2) is 0 Å². The van der Waals surface area contributed by atoms with Crippen LogP contribution in [-0.4, -0.2) is 48.1 Å². The van der Waals surface area contributed by atoms with Crippen LogP contribution in [0.15, 0.2) is 24.3 Å². The normalized spacial score (nSPS) is 14.9. The Labute approximate surface area is 147 Å². The second kappa shape index (κ2) is 7.72. The number of carbonyl (C=O) groups is 2. The van der Waals surface area contributed by atoms with Crippen molar-refractivity contribution in [2.75, 3.05) is 31.6 Å². The summed E-state index contributed by atoms with van der Waals surface area (Å²) in [4.78, 5) is 26.4. The fraction of sp³-hybridized carbons (Fsp3) is 0.471. The molecule has 1 heterocycles. The zero-order valence-electron chi connectivity index (χ0n) is 14.2. The summed E-state index contributed by atoms with van der Waals surface area (Å²) < 4.78 is 5.28. The monoisotopic (exact) mass is 349 g/mol. The molecule has 6 nitrogen and oxygen atoms in total. The van der Waals surface area contributed by atoms with Crippen molar-refractivity contribution in [1.29, 1.82) is 0 Å². The molecule has 1 saturated heterocycles. The SMILES string of the molecule is CC(C)(C)C(=O)NC(=S)Nc1ccccc1C(=O)N1CCOCC1. The van der Waals surface area contributed by atoms with Crippen molar-refractivity contribution in [2.45, 2.75) is 20.8 Å². The Hall–Kier alpha value is -1.99. The first kappa shape index (κ1) is 18.4. The van der Waals surface area contributed by atoms with Crippen molar-refractivity contribution in [1.82, 2.24) is 10.2 Å². The van der Waals surface area contributed by atoms with Gasteiger partial charge >= 0.3 is 0 Å². The summed E-state index contributed by atoms with van der Waals surface area (Å²) in [5.74, 6) is -0.261. The van der Waals surface area contributed by atoms with Gasteiger partial charge in [0.15, 0.2) is 5.11 Å². The maximum absolute atomic E-state index is 12.7. The number of hydrogen-bond donors (Lipinski definition) is 2. The Balaban J connectivity index is 2.09. The minimum Gasteiger partial charge on any atom is -0.378 e. The Morgan fingerprint density at radius 2 is 1.79 bits per heavy atom. The van der Waals surface area contributed by atoms with Crippen LogP contribution in [0.1, 0.15) is 31.1 Å². The number of benzene rings is 1. The molecule has 24 heavy (non-hydrogen) atoms. The standard InChI is InChI=1S/C17H23N3O3S/c1-17(2,3)15(22)19-16(24)18-13-7-5-4-6-12(13)14(21)20-8-10-23-11-9-20/h4-7H,8-11H2,1-3H3,(H2,18,19,22,24). The first-order valence-electron chi connectivity index (χ1n) is 7.87. The van der Waals surface area contributed by atoms with Crippen LogP contribution in [0.3, 0.4) is 0 Å². The molecule has 2 N–H and O–H groups in total. The van der Waals surface area contributed by atoms with E-state index in [-0.39, 0.29) is 16.9 Å². The number of hydrogen-bond acceptors (Lipinski definition) is 4. The zero-order chi connectivity index (χ0) is 17.7. The second-order valence-electron chi connectivity index (χ2n) is 6.61. The van der Waals surface area contributed by atoms with Crippen LogP contribution >= 0.6 is 12.2 Å². The van der Waals surface area contributed by atoms with E-state index in [1.165, 1.54) is 0 Å². The third-order valence-electron chi connectivity index (χ3n) is 3.61. The summed E-state index contributed by atoms with van der Waals surface area (Å²) >= 11 is 5.20. The topological polar surface area (TPSA) is 70.7 Å². The van der Waals surface area contributed by atoms with Gasteiger partial charge in [-0.2, -0.15) is 0 Å². The van der Waals surface area contributed by atoms with Crippen LogP contribution in [0.2, 0.25) is 0 Å². The molecule has 1 aliphatic rings. The van der Waals surface area contributed by atoms with E-state index in [1.807, 2.05) is 6.07 Å². The molecule has 0 spiro atoms. The van der Waals surface area contributed by atoms with Gasteiger partial charge in [-0.05, 0) is 24.4 Å². The van der Waals surface area contributed by atoms with Gasteiger partial charge in [-0.15, -0.1) is 0 Å². The average Bonchev–Trinajstić information content (AvgIpc) is 2.54. The van der Waals surface area contributed by atoms with Crippen molar-refractivity contribution < 1.29 is 14.3 Å². The van der Waals surface area contributed by atoms with Crippen molar-refractivity contribution >= 4 is 34.8 Å². The number of nitrogens with one attached hydrogen (secondary N) is 2. The highest BCUT2D eigenvalue weighted by Crippen LogP contribution is 2.18. The van der Waals surface area contributed by atoms with Crippen LogP contribution in [-0.2, 0) is 9.53 Å². The molecule has 0 atom stereocenters. The van der Waals surface area contributed by atoms with Gasteiger partial charge in [0.05, 0.1) is 24.5 Å². The second-order valence-corrected chi connectivity index (χ2v) is 7.02. The first-order chi connectivity index (χ1) is 11.3. The Morgan fingerprint density at radius 1 is 1.17 bits per heavy atom. The van der Waals surface area contributed by atoms with Crippen LogP contribution in [0.5, 0.6) is 0 Å². The first-order valence-corrected chi connectivity index (χ1v) is 8.28. The minimum atomic E-state index is -0.547. The lowest BCUT2D eigenvalue weighted by Crippen LogP contribution is -2.42. The third kappa shape index (κ3) is 4.75. The van der Waals surface area contributed by atoms with E-state index >= 15 is 0 Å². The Kier molecular flexibility index (Phi) is 5.90. The summed E-state index contributed by atoms with van der Waals surface area (Å²) in [6.45, 7) is 7.64. The summed E-state index contributed by atoms with van der Waals surface area (Å²) in [7, 11) is 0. The fourth-order valence-corrected chi connectivity index (χ4v) is 2.36. The lowest BCUT2D eigenvalue weighted by atomic mass is 9.96. The molecule has 1 aromatic carbocycles. The average molecular weight is 349 g/mol. The third-order valence-corrected chi connectivity index (χ3v) is 3.82. The van der Waals surface area contributed by atoms with Gasteiger partial charge in [-0.1, -0.05) is 32.9 Å². The van der Waals surface area contributed by atoms with Crippen molar-refractivity contribution in [3.05, 3.63) is 29.8 Å². The molecule has 1 aromatic rings. The van der Waals surface area contributed by atoms with E-state index in [2.05, 4.69) is 10.6 Å². The molecule has 0 unspecified atom stereocenters. The van der Waals surface area contributed by atoms with E-state index in [1.54, 1.807) is 43.9 Å². The molecule has 2 rings (SSSR count). The van der Waals surface area contributed by atoms with Gasteiger partial charge in [0.25, 0.3) is 5.91 Å². The van der Waals surface area contributed by atoms with Crippen molar-refractivity contribution in [3.63, 3.8) is 0 Å². The largest absolute Gasteiger partial charge is 0.378 e. The molecule has 0 aromatic heterocycles. The molecule has 0 bridgehead atoms. The summed E-state index contributed by atoms with van der Waals surface area (Å²) in [6.07, 6.45) is 0. The van der Waals surface area contributed by atoms with Gasteiger partial charge in [0.2, 0.25) is 5.91 Å². The van der Waals surface area contributed by atoms with Gasteiger partial charge in [0, 0.05) is 18.5 Å². The van der Waals surface area contributed by atoms with Gasteiger partial charge < -0.3 is 20.3 Å². The van der Waals surface area contributed by atoms with Crippen molar-refractivity contribution in [2.24, 2.45) is 5.41 Å². The molecule has 1 aliphatic heterocycles. The molecular formula is C17H23N3O3S. The molecular weight excluding hydrogens is 326 g/mol. The molecule has 1 fully saturated rings. The van der Waals surface area contributed by atoms with Crippen LogP contribution < -0.4 is 10.6 Å². The summed E-state index contributed by atoms with van der Waals surface area (Å²) in [6, 6.07) is 7.12. The smallest absolute Gasteiger partial charge is 0.256 e. The zero-order valence-corrected chi connectivity index (χ0v) is 15.0. The van der Waals surface area contributed by atoms with Gasteiger partial charge in [-0.3, -0.25) is 9.59 Å². The minimum absolute atomic E-state index is 0.0775. The predicted molar refractivity (Wildman–Crippen MR) is 97.0 cm³/mol. The molecule has 130 valence electrons. The Morgan fingerprint density at radius 3 is 2.42 bits per heavy atom. The highest BCUT2D eigenvalue weighted by Gasteiger charge is 2.24. The number of carbonyl (C=O) groups excluding carboxylic acids is 2. The van der Waals surface area contributed by atoms with Gasteiger partial charge in [0.1, 0.15) is 0 Å². The summed E-state index contributed by atoms with van der Waals surface area (Å²) in [5.41, 5.74) is 0.550. The molecule has 0 radical (unpaired) electrons.